The molecule has 0 radical (unpaired) electrons. The normalized spacial score (nSPS) is 15.2. The molecule has 1 aliphatic heterocycles. The molecule has 96 valence electrons. The van der Waals surface area contributed by atoms with E-state index in [-0.39, 0.29) is 11.1 Å². The lowest BCUT2D eigenvalue weighted by molar-refractivity contribution is -0.0146. The Kier molecular flexibility index (Phi) is 2.90. The van der Waals surface area contributed by atoms with Crippen molar-refractivity contribution in [1.29, 1.82) is 0 Å². The Morgan fingerprint density at radius 1 is 1.22 bits per heavy atom. The largest absolute Gasteiger partial charge is 0.325 e. The lowest BCUT2D eigenvalue weighted by atomic mass is 10.1. The maximum atomic E-state index is 13.2. The molecule has 1 heterocycles. The minimum absolute atomic E-state index is 0.165. The van der Waals surface area contributed by atoms with Gasteiger partial charge in [-0.3, -0.25) is 14.5 Å². The molecule has 0 saturated heterocycles. The summed E-state index contributed by atoms with van der Waals surface area (Å²) < 4.78 is 26.4. The zero-order valence-electron chi connectivity index (χ0n) is 9.74. The van der Waals surface area contributed by atoms with Crippen LogP contribution >= 0.6 is 0 Å². The molecule has 4 nitrogen and oxygen atoms in total. The number of benzene rings is 1. The third-order valence-corrected chi connectivity index (χ3v) is 2.81. The van der Waals surface area contributed by atoms with Gasteiger partial charge in [0, 0.05) is 0 Å². The van der Waals surface area contributed by atoms with Gasteiger partial charge in [-0.05, 0) is 19.1 Å². The molecule has 0 unspecified atom stereocenters. The molecule has 2 N–H and O–H groups in total. The van der Waals surface area contributed by atoms with Crippen LogP contribution in [0.2, 0.25) is 0 Å². The van der Waals surface area contributed by atoms with Gasteiger partial charge < -0.3 is 5.73 Å². The highest BCUT2D eigenvalue weighted by molar-refractivity contribution is 6.21. The van der Waals surface area contributed by atoms with Crippen molar-refractivity contribution in [2.24, 2.45) is 5.73 Å². The summed E-state index contributed by atoms with van der Waals surface area (Å²) in [5.74, 6) is -4.64. The molecule has 2 amide bonds. The third-order valence-electron chi connectivity index (χ3n) is 2.81. The Labute approximate surface area is 102 Å². The van der Waals surface area contributed by atoms with Gasteiger partial charge >= 0.3 is 0 Å². The first-order chi connectivity index (χ1) is 8.35. The number of alkyl halides is 2. The number of rotatable bonds is 3. The highest BCUT2D eigenvalue weighted by Crippen LogP contribution is 2.26. The maximum absolute atomic E-state index is 13.2. The van der Waals surface area contributed by atoms with Gasteiger partial charge in [-0.25, -0.2) is 8.78 Å². The first-order valence-electron chi connectivity index (χ1n) is 5.40. The summed E-state index contributed by atoms with van der Waals surface area (Å²) in [6, 6.07) is 4.66. The number of hydrogen-bond donors (Lipinski definition) is 1. The molecule has 0 saturated carbocycles. The fraction of sp³-hybridized carbons (Fsp3) is 0.333. The Morgan fingerprint density at radius 2 is 1.83 bits per heavy atom. The summed E-state index contributed by atoms with van der Waals surface area (Å²) in [5, 5.41) is 0. The molecule has 6 heteroatoms. The SMILES string of the molecule is Cc1ccc2c(c1)C(=O)N(CC(F)(F)CN)C2=O. The first-order valence-corrected chi connectivity index (χ1v) is 5.40. The van der Waals surface area contributed by atoms with Gasteiger partial charge in [0.15, 0.2) is 0 Å². The molecule has 1 aliphatic rings. The topological polar surface area (TPSA) is 63.4 Å². The van der Waals surface area contributed by atoms with E-state index in [1.165, 1.54) is 12.1 Å². The lowest BCUT2D eigenvalue weighted by Crippen LogP contribution is -2.44. The number of halogens is 2. The van der Waals surface area contributed by atoms with Gasteiger partial charge in [0.2, 0.25) is 0 Å². The minimum atomic E-state index is -3.26. The van der Waals surface area contributed by atoms with E-state index in [1.54, 1.807) is 13.0 Å². The summed E-state index contributed by atoms with van der Waals surface area (Å²) in [4.78, 5) is 24.3. The molecule has 2 rings (SSSR count). The van der Waals surface area contributed by atoms with Crippen molar-refractivity contribution >= 4 is 11.8 Å². The quantitative estimate of drug-likeness (QED) is 0.824. The van der Waals surface area contributed by atoms with Crippen LogP contribution in [-0.2, 0) is 0 Å². The van der Waals surface area contributed by atoms with Gasteiger partial charge in [0.1, 0.15) is 0 Å². The maximum Gasteiger partial charge on any atom is 0.277 e. The standard InChI is InChI=1S/C12H12F2N2O2/c1-7-2-3-8-9(4-7)11(18)16(10(8)17)6-12(13,14)5-15/h2-4H,5-6,15H2,1H3. The number of amides is 2. The molecule has 18 heavy (non-hydrogen) atoms. The predicted octanol–water partition coefficient (Wildman–Crippen LogP) is 1.19. The van der Waals surface area contributed by atoms with E-state index in [0.717, 1.165) is 5.56 Å². The summed E-state index contributed by atoms with van der Waals surface area (Å²) in [6.45, 7) is -0.122. The van der Waals surface area contributed by atoms with Crippen molar-refractivity contribution in [2.75, 3.05) is 13.1 Å². The number of imide groups is 1. The minimum Gasteiger partial charge on any atom is -0.325 e. The van der Waals surface area contributed by atoms with E-state index in [9.17, 15) is 18.4 Å². The second-order valence-electron chi connectivity index (χ2n) is 4.31. The van der Waals surface area contributed by atoms with Crippen molar-refractivity contribution in [1.82, 2.24) is 4.90 Å². The van der Waals surface area contributed by atoms with Gasteiger partial charge in [-0.1, -0.05) is 11.6 Å². The van der Waals surface area contributed by atoms with Crippen LogP contribution in [0.25, 0.3) is 0 Å². The molecule has 1 aromatic rings. The summed E-state index contributed by atoms with van der Waals surface area (Å²) in [6.07, 6.45) is 0. The van der Waals surface area contributed by atoms with E-state index < -0.39 is 30.8 Å². The van der Waals surface area contributed by atoms with Crippen LogP contribution in [0.5, 0.6) is 0 Å². The Balaban J connectivity index is 2.34. The fourth-order valence-corrected chi connectivity index (χ4v) is 1.84. The second kappa shape index (κ2) is 4.13. The second-order valence-corrected chi connectivity index (χ2v) is 4.31. The van der Waals surface area contributed by atoms with E-state index >= 15 is 0 Å². The van der Waals surface area contributed by atoms with Crippen LogP contribution in [0, 0.1) is 6.92 Å². The number of nitrogens with two attached hydrogens (primary N) is 1. The number of hydrogen-bond acceptors (Lipinski definition) is 3. The molecule has 0 aromatic heterocycles. The number of aryl methyl sites for hydroxylation is 1. The molecule has 0 bridgehead atoms. The van der Waals surface area contributed by atoms with Crippen molar-refractivity contribution in [3.8, 4) is 0 Å². The zero-order chi connectivity index (χ0) is 13.5. The first kappa shape index (κ1) is 12.6. The van der Waals surface area contributed by atoms with Crippen LogP contribution < -0.4 is 5.73 Å². The highest BCUT2D eigenvalue weighted by atomic mass is 19.3. The van der Waals surface area contributed by atoms with Crippen molar-refractivity contribution in [3.05, 3.63) is 34.9 Å². The third kappa shape index (κ3) is 1.99. The number of carbonyl (C=O) groups excluding carboxylic acids is 2. The van der Waals surface area contributed by atoms with Gasteiger partial charge in [0.05, 0.1) is 24.2 Å². The molecule has 0 atom stereocenters. The van der Waals surface area contributed by atoms with E-state index in [4.69, 9.17) is 5.73 Å². The summed E-state index contributed by atoms with van der Waals surface area (Å²) in [7, 11) is 0. The van der Waals surface area contributed by atoms with Crippen LogP contribution in [0.15, 0.2) is 18.2 Å². The smallest absolute Gasteiger partial charge is 0.277 e. The van der Waals surface area contributed by atoms with Crippen LogP contribution in [0.4, 0.5) is 8.78 Å². The average Bonchev–Trinajstić information content (AvgIpc) is 2.54. The Bertz CT molecular complexity index is 529. The number of fused-ring (bicyclic) bond motifs is 1. The molecule has 1 aromatic carbocycles. The summed E-state index contributed by atoms with van der Waals surface area (Å²) in [5.41, 5.74) is 6.04. The number of carbonyl (C=O) groups is 2. The predicted molar refractivity (Wildman–Crippen MR) is 60.5 cm³/mol. The van der Waals surface area contributed by atoms with Crippen LogP contribution in [-0.4, -0.2) is 35.7 Å². The summed E-state index contributed by atoms with van der Waals surface area (Å²) >= 11 is 0. The van der Waals surface area contributed by atoms with E-state index in [1.807, 2.05) is 0 Å². The van der Waals surface area contributed by atoms with Crippen molar-refractivity contribution in [3.63, 3.8) is 0 Å². The van der Waals surface area contributed by atoms with E-state index in [0.29, 0.717) is 4.90 Å². The molecule has 0 fully saturated rings. The Morgan fingerprint density at radius 3 is 2.44 bits per heavy atom. The van der Waals surface area contributed by atoms with Gasteiger partial charge in [-0.15, -0.1) is 0 Å². The monoisotopic (exact) mass is 254 g/mol. The van der Waals surface area contributed by atoms with E-state index in [2.05, 4.69) is 0 Å². The van der Waals surface area contributed by atoms with Crippen molar-refractivity contribution < 1.29 is 18.4 Å². The fourth-order valence-electron chi connectivity index (χ4n) is 1.84. The molecule has 0 aliphatic carbocycles. The van der Waals surface area contributed by atoms with Gasteiger partial charge in [0.25, 0.3) is 17.7 Å². The zero-order valence-corrected chi connectivity index (χ0v) is 9.74. The molecular formula is C12H12F2N2O2. The molecule has 0 spiro atoms. The van der Waals surface area contributed by atoms with Gasteiger partial charge in [-0.2, -0.15) is 0 Å². The number of nitrogens with zero attached hydrogens (tertiary/aromatic N) is 1. The average molecular weight is 254 g/mol. The Hall–Kier alpha value is -1.82. The lowest BCUT2D eigenvalue weighted by Gasteiger charge is -2.20. The van der Waals surface area contributed by atoms with Crippen LogP contribution in [0.1, 0.15) is 26.3 Å². The van der Waals surface area contributed by atoms with Crippen molar-refractivity contribution in [2.45, 2.75) is 12.8 Å². The molecular weight excluding hydrogens is 242 g/mol. The highest BCUT2D eigenvalue weighted by Gasteiger charge is 2.41. The van der Waals surface area contributed by atoms with Crippen LogP contribution in [0.3, 0.4) is 0 Å².